The number of hydrazine groups is 1. The van der Waals surface area contributed by atoms with Crippen LogP contribution in [-0.2, 0) is 14.8 Å². The molecule has 4 rings (SSSR count). The van der Waals surface area contributed by atoms with Crippen molar-refractivity contribution in [2.75, 3.05) is 37.7 Å². The second-order valence-corrected chi connectivity index (χ2v) is 10.5. The number of ether oxygens (including phenoxy) is 1. The van der Waals surface area contributed by atoms with Crippen molar-refractivity contribution < 1.29 is 17.9 Å². The van der Waals surface area contributed by atoms with Crippen LogP contribution in [0.2, 0.25) is 10.0 Å². The molecule has 1 aliphatic rings. The lowest BCUT2D eigenvalue weighted by atomic mass is 10.2. The lowest BCUT2D eigenvalue weighted by Crippen LogP contribution is -2.53. The first-order valence-electron chi connectivity index (χ1n) is 9.82. The zero-order valence-electron chi connectivity index (χ0n) is 17.0. The van der Waals surface area contributed by atoms with Crippen molar-refractivity contribution in [2.24, 2.45) is 0 Å². The molecule has 170 valence electrons. The summed E-state index contributed by atoms with van der Waals surface area (Å²) in [4.78, 5) is 21.3. The first-order chi connectivity index (χ1) is 15.3. The lowest BCUT2D eigenvalue weighted by Gasteiger charge is -2.34. The molecule has 0 radical (unpaired) electrons. The van der Waals surface area contributed by atoms with Crippen molar-refractivity contribution in [3.05, 3.63) is 52.0 Å². The van der Waals surface area contributed by atoms with Crippen molar-refractivity contribution in [3.8, 4) is 0 Å². The molecule has 0 bridgehead atoms. The van der Waals surface area contributed by atoms with Gasteiger partial charge in [0.1, 0.15) is 4.90 Å². The van der Waals surface area contributed by atoms with Crippen LogP contribution in [-0.4, -0.2) is 57.2 Å². The summed E-state index contributed by atoms with van der Waals surface area (Å²) in [6.07, 6.45) is 0. The van der Waals surface area contributed by atoms with Gasteiger partial charge in [-0.25, -0.2) is 23.2 Å². The number of carbonyl (C=O) groups excluding carboxylic acids is 1. The maximum absolute atomic E-state index is 12.7. The van der Waals surface area contributed by atoms with E-state index >= 15 is 0 Å². The predicted molar refractivity (Wildman–Crippen MR) is 126 cm³/mol. The van der Waals surface area contributed by atoms with Crippen LogP contribution in [0.5, 0.6) is 0 Å². The highest BCUT2D eigenvalue weighted by molar-refractivity contribution is 7.89. The molecule has 1 aromatic heterocycles. The molecule has 0 aliphatic carbocycles. The van der Waals surface area contributed by atoms with Crippen LogP contribution in [0.1, 0.15) is 17.3 Å². The molecule has 0 unspecified atom stereocenters. The van der Waals surface area contributed by atoms with Crippen molar-refractivity contribution in [1.82, 2.24) is 14.8 Å². The molecule has 2 heterocycles. The average Bonchev–Trinajstić information content (AvgIpc) is 3.17. The number of piperazine rings is 1. The number of rotatable bonds is 6. The molecular formula is C20H20Cl2N4O4S2. The molecule has 0 amide bonds. The Morgan fingerprint density at radius 3 is 2.59 bits per heavy atom. The zero-order valence-corrected chi connectivity index (χ0v) is 20.2. The number of nitrogens with one attached hydrogen (secondary N) is 1. The number of hydrogen-bond acceptors (Lipinski definition) is 8. The number of benzene rings is 2. The number of nitrogens with zero attached hydrogens (tertiary/aromatic N) is 3. The maximum Gasteiger partial charge on any atom is 0.338 e. The van der Waals surface area contributed by atoms with Gasteiger partial charge in [0.2, 0.25) is 0 Å². The Kier molecular flexibility index (Phi) is 6.89. The van der Waals surface area contributed by atoms with E-state index in [9.17, 15) is 13.2 Å². The number of anilines is 1. The normalized spacial score (nSPS) is 15.3. The third-order valence-corrected chi connectivity index (χ3v) is 8.04. The Hall–Kier alpha value is -1.95. The summed E-state index contributed by atoms with van der Waals surface area (Å²) in [7, 11) is -3.82. The monoisotopic (exact) mass is 514 g/mol. The van der Waals surface area contributed by atoms with Crippen LogP contribution >= 0.6 is 34.5 Å². The number of hydrogen-bond donors (Lipinski definition) is 1. The molecule has 3 aromatic rings. The Bertz CT molecular complexity index is 1260. The number of carbonyl (C=O) groups is 1. The van der Waals surface area contributed by atoms with Gasteiger partial charge in [-0.3, -0.25) is 0 Å². The second-order valence-electron chi connectivity index (χ2n) is 7.04. The second kappa shape index (κ2) is 9.50. The molecule has 1 fully saturated rings. The van der Waals surface area contributed by atoms with E-state index < -0.39 is 10.0 Å². The van der Waals surface area contributed by atoms with Crippen molar-refractivity contribution in [3.63, 3.8) is 0 Å². The van der Waals surface area contributed by atoms with E-state index in [0.717, 1.165) is 15.3 Å². The number of esters is 1. The Balaban J connectivity index is 1.42. The summed E-state index contributed by atoms with van der Waals surface area (Å²) in [6, 6.07) is 9.57. The van der Waals surface area contributed by atoms with Gasteiger partial charge in [0.15, 0.2) is 5.13 Å². The first-order valence-corrected chi connectivity index (χ1v) is 12.9. The van der Waals surface area contributed by atoms with E-state index in [1.54, 1.807) is 24.1 Å². The molecule has 0 spiro atoms. The number of thiazole rings is 1. The number of halogens is 2. The van der Waals surface area contributed by atoms with E-state index in [-0.39, 0.29) is 15.9 Å². The Morgan fingerprint density at radius 2 is 1.91 bits per heavy atom. The standard InChI is InChI=1S/C20H20Cl2N4O4S2/c1-2-30-19(27)13-3-5-16-17(11-13)31-20(23-16)25-7-9-26(10-8-25)24-32(28,29)18-6-4-14(21)12-15(18)22/h3-6,11-12,24H,2,7-10H2,1H3. The largest absolute Gasteiger partial charge is 0.462 e. The summed E-state index contributed by atoms with van der Waals surface area (Å²) >= 11 is 13.4. The molecule has 0 saturated carbocycles. The van der Waals surface area contributed by atoms with E-state index in [1.807, 2.05) is 6.07 Å². The van der Waals surface area contributed by atoms with E-state index in [2.05, 4.69) is 14.7 Å². The molecule has 1 aliphatic heterocycles. The van der Waals surface area contributed by atoms with Gasteiger partial charge >= 0.3 is 5.97 Å². The third-order valence-electron chi connectivity index (χ3n) is 4.87. The van der Waals surface area contributed by atoms with Crippen LogP contribution in [0.3, 0.4) is 0 Å². The highest BCUT2D eigenvalue weighted by Crippen LogP contribution is 2.30. The fraction of sp³-hybridized carbons (Fsp3) is 0.300. The highest BCUT2D eigenvalue weighted by Gasteiger charge is 2.26. The molecule has 12 heteroatoms. The SMILES string of the molecule is CCOC(=O)c1ccc2nc(N3CCN(NS(=O)(=O)c4ccc(Cl)cc4Cl)CC3)sc2c1. The fourth-order valence-electron chi connectivity index (χ4n) is 3.29. The van der Waals surface area contributed by atoms with Gasteiger partial charge in [-0.05, 0) is 43.3 Å². The van der Waals surface area contributed by atoms with Gasteiger partial charge in [0.05, 0.1) is 27.4 Å². The average molecular weight is 515 g/mol. The minimum atomic E-state index is -3.82. The summed E-state index contributed by atoms with van der Waals surface area (Å²) in [5, 5.41) is 2.90. The smallest absolute Gasteiger partial charge is 0.338 e. The van der Waals surface area contributed by atoms with Crippen LogP contribution in [0, 0.1) is 0 Å². The summed E-state index contributed by atoms with van der Waals surface area (Å²) in [5.74, 6) is -0.356. The van der Waals surface area contributed by atoms with Crippen molar-refractivity contribution >= 4 is 65.9 Å². The van der Waals surface area contributed by atoms with Gasteiger partial charge in [-0.2, -0.15) is 0 Å². The third kappa shape index (κ3) is 5.00. The van der Waals surface area contributed by atoms with Crippen LogP contribution in [0.25, 0.3) is 10.2 Å². The Morgan fingerprint density at radius 1 is 1.16 bits per heavy atom. The van der Waals surface area contributed by atoms with Gasteiger partial charge in [-0.15, -0.1) is 4.83 Å². The van der Waals surface area contributed by atoms with E-state index in [0.29, 0.717) is 43.4 Å². The molecule has 8 nitrogen and oxygen atoms in total. The molecule has 32 heavy (non-hydrogen) atoms. The van der Waals surface area contributed by atoms with Crippen molar-refractivity contribution in [2.45, 2.75) is 11.8 Å². The number of fused-ring (bicyclic) bond motifs is 1. The molecule has 0 atom stereocenters. The lowest BCUT2D eigenvalue weighted by molar-refractivity contribution is 0.0526. The van der Waals surface area contributed by atoms with Crippen LogP contribution in [0.4, 0.5) is 5.13 Å². The van der Waals surface area contributed by atoms with Crippen LogP contribution < -0.4 is 9.73 Å². The van der Waals surface area contributed by atoms with Gasteiger partial charge in [-0.1, -0.05) is 34.5 Å². The highest BCUT2D eigenvalue weighted by atomic mass is 35.5. The quantitative estimate of drug-likeness (QED) is 0.500. The number of sulfonamides is 1. The predicted octanol–water partition coefficient (Wildman–Crippen LogP) is 3.80. The molecule has 1 saturated heterocycles. The Labute approximate surface area is 199 Å². The minimum Gasteiger partial charge on any atom is -0.462 e. The molecule has 2 aromatic carbocycles. The topological polar surface area (TPSA) is 91.8 Å². The minimum absolute atomic E-state index is 0.0189. The summed E-state index contributed by atoms with van der Waals surface area (Å²) in [6.45, 7) is 4.19. The van der Waals surface area contributed by atoms with Gasteiger partial charge in [0, 0.05) is 31.2 Å². The fourth-order valence-corrected chi connectivity index (χ4v) is 6.24. The van der Waals surface area contributed by atoms with E-state index in [4.69, 9.17) is 27.9 Å². The van der Waals surface area contributed by atoms with Gasteiger partial charge < -0.3 is 9.64 Å². The van der Waals surface area contributed by atoms with Crippen LogP contribution in [0.15, 0.2) is 41.3 Å². The summed E-state index contributed by atoms with van der Waals surface area (Å²) in [5.41, 5.74) is 1.30. The van der Waals surface area contributed by atoms with Gasteiger partial charge in [0.25, 0.3) is 10.0 Å². The zero-order chi connectivity index (χ0) is 22.9. The van der Waals surface area contributed by atoms with E-state index in [1.165, 1.54) is 29.5 Å². The summed E-state index contributed by atoms with van der Waals surface area (Å²) < 4.78 is 31.3. The maximum atomic E-state index is 12.7. The molecular weight excluding hydrogens is 495 g/mol. The number of aromatic nitrogens is 1. The van der Waals surface area contributed by atoms with Crippen molar-refractivity contribution in [1.29, 1.82) is 0 Å². The first kappa shape index (κ1) is 23.2. The molecule has 1 N–H and O–H groups in total.